The van der Waals surface area contributed by atoms with Crippen molar-refractivity contribution >= 4 is 17.9 Å². The third kappa shape index (κ3) is 1.78. The summed E-state index contributed by atoms with van der Waals surface area (Å²) in [6.45, 7) is 2.47. The molecular weight excluding hydrogens is 138 g/mol. The van der Waals surface area contributed by atoms with E-state index < -0.39 is 0 Å². The van der Waals surface area contributed by atoms with Gasteiger partial charge in [0.2, 0.25) is 0 Å². The van der Waals surface area contributed by atoms with Crippen LogP contribution in [-0.4, -0.2) is 17.8 Å². The second-order valence-corrected chi connectivity index (χ2v) is 3.53. The maximum atomic E-state index is 3.93. The van der Waals surface area contributed by atoms with Crippen LogP contribution in [0.2, 0.25) is 0 Å². The second kappa shape index (κ2) is 3.50. The average Bonchev–Trinajstić information content (AvgIpc) is 2.19. The lowest BCUT2D eigenvalue weighted by Crippen LogP contribution is -2.03. The van der Waals surface area contributed by atoms with Crippen molar-refractivity contribution in [2.24, 2.45) is 4.52 Å². The lowest BCUT2D eigenvalue weighted by molar-refractivity contribution is 0.581. The molecule has 0 N–H and O–H groups in total. The zero-order chi connectivity index (χ0) is 5.82. The molecule has 2 nitrogen and oxygen atoms in total. The predicted octanol–water partition coefficient (Wildman–Crippen LogP) is 1.92. The van der Waals surface area contributed by atoms with Gasteiger partial charge in [0.15, 0.2) is 0 Å². The Bertz CT molecular complexity index is 88.0. The Morgan fingerprint density at radius 3 is 2.50 bits per heavy atom. The van der Waals surface area contributed by atoms with Gasteiger partial charge in [0.1, 0.15) is 0 Å². The molecule has 4 heteroatoms. The fourth-order valence-electron chi connectivity index (χ4n) is 0.863. The van der Waals surface area contributed by atoms with Gasteiger partial charge >= 0.3 is 0 Å². The Kier molecular flexibility index (Phi) is 2.89. The SMILES string of the molecule is PN=PN1CCCC1. The van der Waals surface area contributed by atoms with Crippen LogP contribution in [0.25, 0.3) is 0 Å². The molecule has 0 bridgehead atoms. The van der Waals surface area contributed by atoms with Crippen LogP contribution >= 0.6 is 17.9 Å². The summed E-state index contributed by atoms with van der Waals surface area (Å²) in [5.41, 5.74) is 0. The Hall–Kier alpha value is 0.490. The zero-order valence-electron chi connectivity index (χ0n) is 4.75. The Morgan fingerprint density at radius 1 is 1.38 bits per heavy atom. The molecular formula is C4H10N2P2. The van der Waals surface area contributed by atoms with E-state index in [2.05, 4.69) is 18.6 Å². The normalized spacial score (nSPS) is 23.1. The van der Waals surface area contributed by atoms with E-state index in [4.69, 9.17) is 0 Å². The Labute approximate surface area is 53.9 Å². The summed E-state index contributed by atoms with van der Waals surface area (Å²) in [7, 11) is 3.51. The van der Waals surface area contributed by atoms with Gasteiger partial charge in [0.25, 0.3) is 0 Å². The monoisotopic (exact) mass is 148 g/mol. The molecule has 0 spiro atoms. The highest BCUT2D eigenvalue weighted by atomic mass is 31.1. The van der Waals surface area contributed by atoms with Gasteiger partial charge in [-0.1, -0.05) is 0 Å². The average molecular weight is 148 g/mol. The predicted molar refractivity (Wildman–Crippen MR) is 39.9 cm³/mol. The molecule has 0 amide bonds. The second-order valence-electron chi connectivity index (χ2n) is 1.87. The Balaban J connectivity index is 2.24. The summed E-state index contributed by atoms with van der Waals surface area (Å²) in [5, 5.41) is 0. The molecule has 1 fully saturated rings. The van der Waals surface area contributed by atoms with Crippen LogP contribution in [0.1, 0.15) is 12.8 Å². The minimum atomic E-state index is 1.13. The van der Waals surface area contributed by atoms with Crippen molar-refractivity contribution in [3.8, 4) is 0 Å². The van der Waals surface area contributed by atoms with Gasteiger partial charge in [0.05, 0.1) is 8.52 Å². The standard InChI is InChI=1S/C4H10N2P2/c7-5-8-6-3-1-2-4-6/h1-4,7H2. The third-order valence-corrected chi connectivity index (χ3v) is 2.33. The van der Waals surface area contributed by atoms with Gasteiger partial charge in [-0.25, -0.2) is 9.19 Å². The molecule has 0 aliphatic carbocycles. The minimum absolute atomic E-state index is 1.13. The molecule has 1 atom stereocenters. The summed E-state index contributed by atoms with van der Waals surface area (Å²) in [6, 6.07) is 0. The lowest BCUT2D eigenvalue weighted by atomic mass is 10.4. The largest absolute Gasteiger partial charge is 0.242 e. The van der Waals surface area contributed by atoms with Crippen molar-refractivity contribution in [1.82, 2.24) is 4.67 Å². The molecule has 0 radical (unpaired) electrons. The van der Waals surface area contributed by atoms with E-state index in [-0.39, 0.29) is 0 Å². The fourth-order valence-corrected chi connectivity index (χ4v) is 1.91. The first kappa shape index (κ1) is 6.61. The van der Waals surface area contributed by atoms with Crippen LogP contribution in [0.3, 0.4) is 0 Å². The summed E-state index contributed by atoms with van der Waals surface area (Å²) in [6.07, 6.45) is 2.71. The summed E-state index contributed by atoms with van der Waals surface area (Å²) in [5.74, 6) is 0. The maximum absolute atomic E-state index is 3.93. The molecule has 1 saturated heterocycles. The van der Waals surface area contributed by atoms with Gasteiger partial charge in [-0.15, -0.1) is 0 Å². The topological polar surface area (TPSA) is 15.6 Å². The summed E-state index contributed by atoms with van der Waals surface area (Å²) >= 11 is 0. The molecule has 46 valence electrons. The highest BCUT2D eigenvalue weighted by Crippen LogP contribution is 2.19. The van der Waals surface area contributed by atoms with E-state index in [9.17, 15) is 0 Å². The molecule has 1 aliphatic heterocycles. The smallest absolute Gasteiger partial charge is 0.0968 e. The third-order valence-electron chi connectivity index (χ3n) is 1.26. The molecule has 0 aromatic carbocycles. The number of hydrogen-bond donors (Lipinski definition) is 0. The fraction of sp³-hybridized carbons (Fsp3) is 1.00. The first-order valence-electron chi connectivity index (χ1n) is 2.79. The summed E-state index contributed by atoms with van der Waals surface area (Å²) in [4.78, 5) is 0. The van der Waals surface area contributed by atoms with E-state index in [0.29, 0.717) is 0 Å². The highest BCUT2D eigenvalue weighted by Gasteiger charge is 2.07. The zero-order valence-corrected chi connectivity index (χ0v) is 6.80. The molecule has 0 aromatic rings. The van der Waals surface area contributed by atoms with Gasteiger partial charge in [0, 0.05) is 13.1 Å². The van der Waals surface area contributed by atoms with Crippen molar-refractivity contribution in [2.45, 2.75) is 12.8 Å². The van der Waals surface area contributed by atoms with Crippen LogP contribution in [0.4, 0.5) is 0 Å². The van der Waals surface area contributed by atoms with E-state index in [0.717, 1.165) is 8.52 Å². The first-order valence-corrected chi connectivity index (χ1v) is 4.11. The first-order chi connectivity index (χ1) is 3.93. The number of nitrogens with zero attached hydrogens (tertiary/aromatic N) is 2. The molecule has 0 saturated carbocycles. The van der Waals surface area contributed by atoms with Gasteiger partial charge in [-0.05, 0) is 22.2 Å². The summed E-state index contributed by atoms with van der Waals surface area (Å²) < 4.78 is 6.26. The van der Waals surface area contributed by atoms with E-state index in [1.807, 2.05) is 0 Å². The van der Waals surface area contributed by atoms with Crippen LogP contribution in [0, 0.1) is 0 Å². The van der Waals surface area contributed by atoms with E-state index in [1.165, 1.54) is 25.9 Å². The van der Waals surface area contributed by atoms with Crippen molar-refractivity contribution in [1.29, 1.82) is 0 Å². The van der Waals surface area contributed by atoms with E-state index >= 15 is 0 Å². The van der Waals surface area contributed by atoms with Crippen molar-refractivity contribution in [2.75, 3.05) is 13.1 Å². The van der Waals surface area contributed by atoms with Gasteiger partial charge < -0.3 is 0 Å². The number of hydrogen-bond acceptors (Lipinski definition) is 1. The molecule has 0 aromatic heterocycles. The lowest BCUT2D eigenvalue weighted by Gasteiger charge is -2.01. The Morgan fingerprint density at radius 2 is 2.00 bits per heavy atom. The molecule has 1 aliphatic rings. The maximum Gasteiger partial charge on any atom is 0.0968 e. The van der Waals surface area contributed by atoms with Crippen LogP contribution in [-0.2, 0) is 0 Å². The van der Waals surface area contributed by atoms with Crippen molar-refractivity contribution in [3.63, 3.8) is 0 Å². The highest BCUT2D eigenvalue weighted by molar-refractivity contribution is 7.33. The van der Waals surface area contributed by atoms with Crippen molar-refractivity contribution in [3.05, 3.63) is 0 Å². The van der Waals surface area contributed by atoms with Crippen LogP contribution in [0.15, 0.2) is 4.52 Å². The van der Waals surface area contributed by atoms with Crippen LogP contribution < -0.4 is 0 Å². The molecule has 1 heterocycles. The minimum Gasteiger partial charge on any atom is -0.242 e. The van der Waals surface area contributed by atoms with Crippen LogP contribution in [0.5, 0.6) is 0 Å². The molecule has 1 rings (SSSR count). The van der Waals surface area contributed by atoms with Gasteiger partial charge in [-0.3, -0.25) is 0 Å². The van der Waals surface area contributed by atoms with Crippen molar-refractivity contribution < 1.29 is 0 Å². The molecule has 8 heavy (non-hydrogen) atoms. The van der Waals surface area contributed by atoms with Gasteiger partial charge in [-0.2, -0.15) is 0 Å². The molecule has 1 unspecified atom stereocenters. The van der Waals surface area contributed by atoms with E-state index in [1.54, 1.807) is 0 Å². The number of rotatable bonds is 1. The quantitative estimate of drug-likeness (QED) is 0.518.